The minimum absolute atomic E-state index is 0.0415. The van der Waals surface area contributed by atoms with E-state index in [1.165, 1.54) is 4.90 Å². The molecule has 4 heterocycles. The molecule has 13 nitrogen and oxygen atoms in total. The largest absolute Gasteiger partial charge is 0.472 e. The van der Waals surface area contributed by atoms with Gasteiger partial charge in [0.25, 0.3) is 5.92 Å². The van der Waals surface area contributed by atoms with E-state index in [1.807, 2.05) is 43.3 Å². The molecule has 0 radical (unpaired) electrons. The molecule has 1 aromatic heterocycles. The number of halogens is 2. The Morgan fingerprint density at radius 1 is 1.06 bits per heavy atom. The van der Waals surface area contributed by atoms with Gasteiger partial charge in [-0.1, -0.05) is 50.6 Å². The van der Waals surface area contributed by atoms with Gasteiger partial charge in [-0.2, -0.15) is 0 Å². The SMILES string of the molecule is CC[C@@H]1C[C@H](C)CC/C=C\[C@@H]2C[C@@]2(C(=O)NS(=O)(=O)C2(C)CC2)CC(=O)[C@@H]2C[C@@H](Oc3ncc(N4CCOCC4)c4ccccc34)CN2C(=O)[C@H]1CC(=O)OC(C)(C)C(C)(F)F. The number of pyridine rings is 1. The molecule has 62 heavy (non-hydrogen) atoms. The molecule has 3 aliphatic heterocycles. The number of sulfonamides is 1. The predicted octanol–water partition coefficient (Wildman–Crippen LogP) is 6.77. The third-order valence-corrected chi connectivity index (χ3v) is 16.5. The molecule has 7 rings (SSSR count). The monoisotopic (exact) mass is 884 g/mol. The maximum absolute atomic E-state index is 15.2. The number of allylic oxidation sites excluding steroid dienone is 2. The van der Waals surface area contributed by atoms with Crippen LogP contribution in [0.25, 0.3) is 10.8 Å². The number of ketones is 1. The number of carbonyl (C=O) groups is 4. The van der Waals surface area contributed by atoms with Gasteiger partial charge in [-0.05, 0) is 83.1 Å². The van der Waals surface area contributed by atoms with Gasteiger partial charge in [0, 0.05) is 43.6 Å². The average molecular weight is 885 g/mol. The molecule has 1 N–H and O–H groups in total. The summed E-state index contributed by atoms with van der Waals surface area (Å²) in [6.45, 7) is 11.0. The standard InChI is InChI=1S/C46H62F2N4O9S/c1-7-30-22-29(2)12-8-9-13-31-25-46(31,42(56)50-62(57,58)44(5)16-17-44)26-38(53)36-23-32(28-52(36)41(55)35(30)24-39(54)61-43(3,4)45(6,47)48)60-40-34-15-11-10-14-33(34)37(27-49-40)51-18-20-59-21-19-51/h9-11,13-15,27,29-32,35-36H,7-8,12,16-26,28H2,1-6H3,(H,50,56)/b13-9-/t29-,30-,31-,32-,35+,36+,46-/m1/s1. The molecule has 4 fully saturated rings. The average Bonchev–Trinajstić information content (AvgIpc) is 4.10. The van der Waals surface area contributed by atoms with E-state index >= 15 is 4.79 Å². The highest BCUT2D eigenvalue weighted by atomic mass is 32.2. The van der Waals surface area contributed by atoms with Gasteiger partial charge in [0.1, 0.15) is 6.10 Å². The molecule has 2 saturated carbocycles. The van der Waals surface area contributed by atoms with E-state index in [0.29, 0.717) is 71.2 Å². The summed E-state index contributed by atoms with van der Waals surface area (Å²) in [6, 6.07) is 6.60. The van der Waals surface area contributed by atoms with Gasteiger partial charge in [0.2, 0.25) is 27.7 Å². The summed E-state index contributed by atoms with van der Waals surface area (Å²) in [5.41, 5.74) is -2.56. The van der Waals surface area contributed by atoms with E-state index in [0.717, 1.165) is 36.7 Å². The summed E-state index contributed by atoms with van der Waals surface area (Å²) in [7, 11) is -4.01. The summed E-state index contributed by atoms with van der Waals surface area (Å²) in [4.78, 5) is 66.1. The number of ether oxygens (including phenoxy) is 3. The lowest BCUT2D eigenvalue weighted by Crippen LogP contribution is -2.49. The zero-order valence-electron chi connectivity index (χ0n) is 36.8. The van der Waals surface area contributed by atoms with Gasteiger partial charge >= 0.3 is 5.97 Å². The van der Waals surface area contributed by atoms with Crippen molar-refractivity contribution in [3.8, 4) is 5.88 Å². The normalized spacial score (nSPS) is 30.1. The van der Waals surface area contributed by atoms with Gasteiger partial charge in [0.15, 0.2) is 11.4 Å². The number of rotatable bonds is 11. The van der Waals surface area contributed by atoms with Crippen molar-refractivity contribution in [3.05, 3.63) is 42.6 Å². The lowest BCUT2D eigenvalue weighted by molar-refractivity contribution is -0.197. The third-order valence-electron chi connectivity index (χ3n) is 14.3. The zero-order valence-corrected chi connectivity index (χ0v) is 37.6. The van der Waals surface area contributed by atoms with E-state index in [-0.39, 0.29) is 37.6 Å². The molecule has 2 aliphatic carbocycles. The Labute approximate surface area is 363 Å². The van der Waals surface area contributed by atoms with Crippen LogP contribution in [0.15, 0.2) is 42.6 Å². The number of anilines is 1. The molecule has 16 heteroatoms. The van der Waals surface area contributed by atoms with Crippen LogP contribution in [0.5, 0.6) is 5.88 Å². The quantitative estimate of drug-likeness (QED) is 0.187. The number of hydrogen-bond donors (Lipinski definition) is 1. The minimum Gasteiger partial charge on any atom is -0.472 e. The van der Waals surface area contributed by atoms with Crippen molar-refractivity contribution < 1.29 is 50.6 Å². The van der Waals surface area contributed by atoms with Crippen LogP contribution in [0.3, 0.4) is 0 Å². The van der Waals surface area contributed by atoms with E-state index < -0.39 is 85.7 Å². The van der Waals surface area contributed by atoms with Crippen LogP contribution in [-0.4, -0.2) is 103 Å². The van der Waals surface area contributed by atoms with Gasteiger partial charge in [-0.15, -0.1) is 0 Å². The highest BCUT2D eigenvalue weighted by Gasteiger charge is 2.63. The number of hydrogen-bond acceptors (Lipinski definition) is 11. The number of nitrogens with zero attached hydrogens (tertiary/aromatic N) is 3. The molecule has 7 atom stereocenters. The molecule has 5 aliphatic rings. The number of benzene rings is 1. The van der Waals surface area contributed by atoms with Crippen LogP contribution in [0.1, 0.15) is 106 Å². The van der Waals surface area contributed by atoms with E-state index in [2.05, 4.69) is 16.5 Å². The molecule has 2 aromatic rings. The lowest BCUT2D eigenvalue weighted by Gasteiger charge is -2.35. The summed E-state index contributed by atoms with van der Waals surface area (Å²) < 4.78 is 74.6. The zero-order chi connectivity index (χ0) is 44.8. The number of nitrogens with one attached hydrogen (secondary N) is 1. The molecule has 2 amide bonds. The molecule has 2 saturated heterocycles. The molecule has 0 bridgehead atoms. The van der Waals surface area contributed by atoms with Crippen molar-refractivity contribution in [2.24, 2.45) is 29.1 Å². The first-order valence-electron chi connectivity index (χ1n) is 22.2. The topological polar surface area (TPSA) is 162 Å². The van der Waals surface area contributed by atoms with Crippen molar-refractivity contribution in [2.75, 3.05) is 37.7 Å². The van der Waals surface area contributed by atoms with Crippen molar-refractivity contribution in [3.63, 3.8) is 0 Å². The van der Waals surface area contributed by atoms with Gasteiger partial charge < -0.3 is 24.0 Å². The second-order valence-electron chi connectivity index (χ2n) is 19.3. The van der Waals surface area contributed by atoms with Crippen LogP contribution in [0, 0.1) is 29.1 Å². The van der Waals surface area contributed by atoms with Crippen molar-refractivity contribution in [1.29, 1.82) is 0 Å². The molecule has 340 valence electrons. The Kier molecular flexibility index (Phi) is 12.9. The maximum Gasteiger partial charge on any atom is 0.307 e. The number of fused-ring (bicyclic) bond motifs is 3. The number of alkyl halides is 2. The number of morpholine rings is 1. The fourth-order valence-corrected chi connectivity index (χ4v) is 10.7. The smallest absolute Gasteiger partial charge is 0.307 e. The van der Waals surface area contributed by atoms with Crippen molar-refractivity contribution >= 4 is 50.1 Å². The Balaban J connectivity index is 1.24. The lowest BCUT2D eigenvalue weighted by atomic mass is 9.79. The first kappa shape index (κ1) is 45.8. The van der Waals surface area contributed by atoms with E-state index in [4.69, 9.17) is 19.2 Å². The molecular formula is C46H62F2N4O9S. The summed E-state index contributed by atoms with van der Waals surface area (Å²) in [5.74, 6) is -7.36. The molecule has 0 unspecified atom stereocenters. The van der Waals surface area contributed by atoms with Gasteiger partial charge in [-0.25, -0.2) is 22.2 Å². The van der Waals surface area contributed by atoms with Gasteiger partial charge in [-0.3, -0.25) is 23.9 Å². The van der Waals surface area contributed by atoms with Gasteiger partial charge in [0.05, 0.1) is 60.2 Å². The van der Waals surface area contributed by atoms with E-state index in [1.54, 1.807) is 13.1 Å². The Bertz CT molecular complexity index is 2180. The van der Waals surface area contributed by atoms with E-state index in [9.17, 15) is 31.6 Å². The van der Waals surface area contributed by atoms with Crippen LogP contribution < -0.4 is 14.4 Å². The van der Waals surface area contributed by atoms with Crippen LogP contribution >= 0.6 is 0 Å². The Hall–Kier alpha value is -4.18. The molecular weight excluding hydrogens is 823 g/mol. The maximum atomic E-state index is 15.2. The minimum atomic E-state index is -4.01. The fraction of sp³-hybridized carbons (Fsp3) is 0.674. The highest BCUT2D eigenvalue weighted by Crippen LogP contribution is 2.58. The third kappa shape index (κ3) is 9.37. The van der Waals surface area contributed by atoms with Crippen molar-refractivity contribution in [2.45, 2.75) is 134 Å². The Morgan fingerprint density at radius 3 is 2.42 bits per heavy atom. The molecule has 0 spiro atoms. The number of Topliss-reactive ketones (excluding diaryl/α,β-unsaturated/α-hetero) is 1. The summed E-state index contributed by atoms with van der Waals surface area (Å²) in [6.07, 6.45) is 7.65. The highest BCUT2D eigenvalue weighted by molar-refractivity contribution is 7.91. The summed E-state index contributed by atoms with van der Waals surface area (Å²) >= 11 is 0. The number of amides is 2. The second kappa shape index (κ2) is 17.4. The Morgan fingerprint density at radius 2 is 1.76 bits per heavy atom. The van der Waals surface area contributed by atoms with Crippen LogP contribution in [0.4, 0.5) is 14.5 Å². The first-order chi connectivity index (χ1) is 29.2. The first-order valence-corrected chi connectivity index (χ1v) is 23.7. The number of carbonyl (C=O) groups excluding carboxylic acids is 4. The second-order valence-corrected chi connectivity index (χ2v) is 21.5. The van der Waals surface area contributed by atoms with Crippen LogP contribution in [-0.2, 0) is 38.7 Å². The summed E-state index contributed by atoms with van der Waals surface area (Å²) in [5, 5.41) is 1.65. The van der Waals surface area contributed by atoms with Crippen LogP contribution in [0.2, 0.25) is 0 Å². The molecule has 1 aromatic carbocycles. The van der Waals surface area contributed by atoms with Crippen molar-refractivity contribution in [1.82, 2.24) is 14.6 Å². The fourth-order valence-electron chi connectivity index (χ4n) is 9.40. The predicted molar refractivity (Wildman–Crippen MR) is 229 cm³/mol. The number of aromatic nitrogens is 1. The number of esters is 1.